The van der Waals surface area contributed by atoms with E-state index in [1.807, 2.05) is 25.1 Å². The summed E-state index contributed by atoms with van der Waals surface area (Å²) in [5.74, 6) is 0. The van der Waals surface area contributed by atoms with Gasteiger partial charge >= 0.3 is 6.03 Å². The highest BCUT2D eigenvalue weighted by Gasteiger charge is 2.13. The average molecular weight is 363 g/mol. The highest BCUT2D eigenvalue weighted by atomic mass is 35.5. The highest BCUT2D eigenvalue weighted by molar-refractivity contribution is 6.31. The molecule has 7 nitrogen and oxygen atoms in total. The first-order valence-electron chi connectivity index (χ1n) is 7.75. The SMILES string of the molecule is C[C@@H](NC(=O)NCCNc1ccccc1[N+](=O)[O-])c1ccccc1Cl. The number of benzene rings is 2. The van der Waals surface area contributed by atoms with Crippen molar-refractivity contribution >= 4 is 29.0 Å². The Kier molecular flexibility index (Phi) is 6.59. The third kappa shape index (κ3) is 5.36. The molecule has 1 atom stereocenters. The van der Waals surface area contributed by atoms with Gasteiger partial charge in [-0.25, -0.2) is 4.79 Å². The lowest BCUT2D eigenvalue weighted by Crippen LogP contribution is -2.39. The number of urea groups is 1. The molecule has 0 aromatic heterocycles. The van der Waals surface area contributed by atoms with Crippen molar-refractivity contribution in [3.05, 3.63) is 69.2 Å². The molecule has 0 saturated heterocycles. The van der Waals surface area contributed by atoms with E-state index in [1.165, 1.54) is 6.07 Å². The summed E-state index contributed by atoms with van der Waals surface area (Å²) >= 11 is 6.10. The second-order valence-corrected chi connectivity index (χ2v) is 5.75. The number of anilines is 1. The Morgan fingerprint density at radius 3 is 2.56 bits per heavy atom. The van der Waals surface area contributed by atoms with Crippen LogP contribution in [0, 0.1) is 10.1 Å². The maximum absolute atomic E-state index is 11.9. The number of halogens is 1. The third-order valence-corrected chi connectivity index (χ3v) is 3.89. The number of hydrogen-bond acceptors (Lipinski definition) is 4. The van der Waals surface area contributed by atoms with Crippen LogP contribution in [0.25, 0.3) is 0 Å². The van der Waals surface area contributed by atoms with Crippen LogP contribution >= 0.6 is 11.6 Å². The lowest BCUT2D eigenvalue weighted by molar-refractivity contribution is -0.384. The molecule has 0 aliphatic rings. The fourth-order valence-corrected chi connectivity index (χ4v) is 2.61. The Balaban J connectivity index is 1.78. The second kappa shape index (κ2) is 8.89. The molecule has 8 heteroatoms. The van der Waals surface area contributed by atoms with Crippen LogP contribution in [0.15, 0.2) is 48.5 Å². The molecule has 3 N–H and O–H groups in total. The molecule has 2 rings (SSSR count). The van der Waals surface area contributed by atoms with Gasteiger partial charge in [0.1, 0.15) is 5.69 Å². The van der Waals surface area contributed by atoms with E-state index in [1.54, 1.807) is 24.3 Å². The van der Waals surface area contributed by atoms with Crippen LogP contribution in [0.5, 0.6) is 0 Å². The van der Waals surface area contributed by atoms with E-state index in [0.29, 0.717) is 23.8 Å². The molecule has 0 bridgehead atoms. The minimum absolute atomic E-state index is 0.000654. The first-order chi connectivity index (χ1) is 12.0. The molecule has 0 unspecified atom stereocenters. The van der Waals surface area contributed by atoms with E-state index >= 15 is 0 Å². The van der Waals surface area contributed by atoms with Gasteiger partial charge in [-0.05, 0) is 24.6 Å². The van der Waals surface area contributed by atoms with Crippen LogP contribution in [0.4, 0.5) is 16.2 Å². The molecular weight excluding hydrogens is 344 g/mol. The number of nitro benzene ring substituents is 1. The van der Waals surface area contributed by atoms with Crippen molar-refractivity contribution in [1.82, 2.24) is 10.6 Å². The zero-order chi connectivity index (χ0) is 18.2. The standard InChI is InChI=1S/C17H19ClN4O3/c1-12(13-6-2-3-7-14(13)18)21-17(23)20-11-10-19-15-8-4-5-9-16(15)22(24)25/h2-9,12,19H,10-11H2,1H3,(H2,20,21,23)/t12-/m1/s1. The zero-order valence-corrected chi connectivity index (χ0v) is 14.4. The number of nitro groups is 1. The van der Waals surface area contributed by atoms with E-state index in [0.717, 1.165) is 5.56 Å². The number of hydrogen-bond donors (Lipinski definition) is 3. The predicted octanol–water partition coefficient (Wildman–Crippen LogP) is 3.72. The van der Waals surface area contributed by atoms with Crippen molar-refractivity contribution < 1.29 is 9.72 Å². The van der Waals surface area contributed by atoms with Gasteiger partial charge in [-0.15, -0.1) is 0 Å². The molecule has 2 aromatic carbocycles. The van der Waals surface area contributed by atoms with Gasteiger partial charge in [0.05, 0.1) is 11.0 Å². The Labute approximate surface area is 150 Å². The molecule has 132 valence electrons. The maximum atomic E-state index is 11.9. The summed E-state index contributed by atoms with van der Waals surface area (Å²) in [7, 11) is 0. The summed E-state index contributed by atoms with van der Waals surface area (Å²) in [5.41, 5.74) is 1.25. The third-order valence-electron chi connectivity index (χ3n) is 3.55. The lowest BCUT2D eigenvalue weighted by Gasteiger charge is -2.16. The fraction of sp³-hybridized carbons (Fsp3) is 0.235. The van der Waals surface area contributed by atoms with Gasteiger partial charge in [-0.2, -0.15) is 0 Å². The van der Waals surface area contributed by atoms with Gasteiger partial charge in [0.15, 0.2) is 0 Å². The summed E-state index contributed by atoms with van der Waals surface area (Å²) in [4.78, 5) is 22.4. The number of carbonyl (C=O) groups excluding carboxylic acids is 1. The normalized spacial score (nSPS) is 11.4. The minimum Gasteiger partial charge on any atom is -0.378 e. The summed E-state index contributed by atoms with van der Waals surface area (Å²) < 4.78 is 0. The molecule has 0 radical (unpaired) electrons. The van der Waals surface area contributed by atoms with Crippen molar-refractivity contribution in [1.29, 1.82) is 0 Å². The van der Waals surface area contributed by atoms with Crippen LogP contribution in [0.2, 0.25) is 5.02 Å². The Hall–Kier alpha value is -2.80. The second-order valence-electron chi connectivity index (χ2n) is 5.34. The number of rotatable bonds is 7. The van der Waals surface area contributed by atoms with E-state index in [9.17, 15) is 14.9 Å². The zero-order valence-electron chi connectivity index (χ0n) is 13.7. The van der Waals surface area contributed by atoms with Gasteiger partial charge < -0.3 is 16.0 Å². The Morgan fingerprint density at radius 2 is 1.84 bits per heavy atom. The Bertz CT molecular complexity index is 754. The number of nitrogens with zero attached hydrogens (tertiary/aromatic N) is 1. The molecule has 0 spiro atoms. The smallest absolute Gasteiger partial charge is 0.315 e. The van der Waals surface area contributed by atoms with Crippen LogP contribution in [0.3, 0.4) is 0 Å². The molecule has 0 aliphatic heterocycles. The monoisotopic (exact) mass is 362 g/mol. The van der Waals surface area contributed by atoms with E-state index in [-0.39, 0.29) is 17.8 Å². The molecule has 0 heterocycles. The first kappa shape index (κ1) is 18.5. The summed E-state index contributed by atoms with van der Waals surface area (Å²) in [6.07, 6.45) is 0. The predicted molar refractivity (Wildman–Crippen MR) is 98.0 cm³/mol. The van der Waals surface area contributed by atoms with Crippen LogP contribution in [-0.2, 0) is 0 Å². The number of carbonyl (C=O) groups is 1. The fourth-order valence-electron chi connectivity index (χ4n) is 2.31. The van der Waals surface area contributed by atoms with E-state index in [4.69, 9.17) is 11.6 Å². The number of para-hydroxylation sites is 2. The lowest BCUT2D eigenvalue weighted by atomic mass is 10.1. The molecule has 0 fully saturated rings. The van der Waals surface area contributed by atoms with Gasteiger partial charge in [0.25, 0.3) is 5.69 Å². The topological polar surface area (TPSA) is 96.3 Å². The quantitative estimate of drug-likeness (QED) is 0.397. The van der Waals surface area contributed by atoms with Crippen molar-refractivity contribution in [3.63, 3.8) is 0 Å². The van der Waals surface area contributed by atoms with Gasteiger partial charge in [0, 0.05) is 24.2 Å². The summed E-state index contributed by atoms with van der Waals surface area (Å²) in [6.45, 7) is 2.51. The molecule has 25 heavy (non-hydrogen) atoms. The minimum atomic E-state index is -0.451. The largest absolute Gasteiger partial charge is 0.378 e. The van der Waals surface area contributed by atoms with Crippen molar-refractivity contribution in [2.45, 2.75) is 13.0 Å². The highest BCUT2D eigenvalue weighted by Crippen LogP contribution is 2.23. The Morgan fingerprint density at radius 1 is 1.16 bits per heavy atom. The molecule has 0 saturated carbocycles. The van der Waals surface area contributed by atoms with Crippen molar-refractivity contribution in [2.75, 3.05) is 18.4 Å². The summed E-state index contributed by atoms with van der Waals surface area (Å²) in [5, 5.41) is 19.9. The summed E-state index contributed by atoms with van der Waals surface area (Å²) in [6, 6.07) is 13.1. The average Bonchev–Trinajstić information content (AvgIpc) is 2.59. The number of nitrogens with one attached hydrogen (secondary N) is 3. The first-order valence-corrected chi connectivity index (χ1v) is 8.13. The molecular formula is C17H19ClN4O3. The maximum Gasteiger partial charge on any atom is 0.315 e. The van der Waals surface area contributed by atoms with Crippen molar-refractivity contribution in [2.24, 2.45) is 0 Å². The van der Waals surface area contributed by atoms with Crippen molar-refractivity contribution in [3.8, 4) is 0 Å². The van der Waals surface area contributed by atoms with Gasteiger partial charge in [0.2, 0.25) is 0 Å². The molecule has 2 aromatic rings. The van der Waals surface area contributed by atoms with Crippen LogP contribution < -0.4 is 16.0 Å². The number of amides is 2. The van der Waals surface area contributed by atoms with Gasteiger partial charge in [-0.3, -0.25) is 10.1 Å². The molecule has 2 amide bonds. The molecule has 0 aliphatic carbocycles. The van der Waals surface area contributed by atoms with E-state index < -0.39 is 4.92 Å². The van der Waals surface area contributed by atoms with Crippen LogP contribution in [0.1, 0.15) is 18.5 Å². The van der Waals surface area contributed by atoms with Crippen LogP contribution in [-0.4, -0.2) is 24.0 Å². The van der Waals surface area contributed by atoms with E-state index in [2.05, 4.69) is 16.0 Å². The van der Waals surface area contributed by atoms with Gasteiger partial charge in [-0.1, -0.05) is 41.9 Å².